The molecule has 1 aliphatic heterocycles. The Morgan fingerprint density at radius 3 is 2.65 bits per heavy atom. The number of hydrogen-bond donors (Lipinski definition) is 2. The molecular weight excluding hydrogens is 220 g/mol. The van der Waals surface area contributed by atoms with Crippen molar-refractivity contribution in [1.29, 1.82) is 0 Å². The van der Waals surface area contributed by atoms with Crippen LogP contribution in [0.25, 0.3) is 0 Å². The van der Waals surface area contributed by atoms with Crippen LogP contribution in [0, 0.1) is 5.92 Å². The molecule has 5 heteroatoms. The second-order valence-electron chi connectivity index (χ2n) is 4.69. The summed E-state index contributed by atoms with van der Waals surface area (Å²) in [5.41, 5.74) is 0. The lowest BCUT2D eigenvalue weighted by molar-refractivity contribution is -0.137. The molecule has 1 fully saturated rings. The molecule has 100 valence electrons. The smallest absolute Gasteiger partial charge is 0.239 e. The van der Waals surface area contributed by atoms with E-state index >= 15 is 0 Å². The van der Waals surface area contributed by atoms with Crippen molar-refractivity contribution in [2.24, 2.45) is 5.92 Å². The topological polar surface area (TPSA) is 61.8 Å². The van der Waals surface area contributed by atoms with E-state index in [2.05, 4.69) is 12.2 Å². The minimum absolute atomic E-state index is 0.143. The number of morpholine rings is 1. The predicted octanol–water partition coefficient (Wildman–Crippen LogP) is -0.158. The van der Waals surface area contributed by atoms with Gasteiger partial charge in [-0.05, 0) is 25.8 Å². The van der Waals surface area contributed by atoms with Gasteiger partial charge in [-0.25, -0.2) is 0 Å². The van der Waals surface area contributed by atoms with Crippen LogP contribution in [0.1, 0.15) is 20.3 Å². The van der Waals surface area contributed by atoms with Gasteiger partial charge in [0, 0.05) is 19.7 Å². The molecule has 0 aromatic carbocycles. The monoisotopic (exact) mass is 244 g/mol. The Morgan fingerprint density at radius 1 is 1.41 bits per heavy atom. The fourth-order valence-corrected chi connectivity index (χ4v) is 1.85. The molecule has 0 bridgehead atoms. The second kappa shape index (κ2) is 7.63. The maximum Gasteiger partial charge on any atom is 0.239 e. The van der Waals surface area contributed by atoms with Crippen LogP contribution < -0.4 is 5.32 Å². The molecule has 1 rings (SSSR count). The number of rotatable bonds is 6. The van der Waals surface area contributed by atoms with E-state index in [0.29, 0.717) is 32.2 Å². The van der Waals surface area contributed by atoms with Gasteiger partial charge < -0.3 is 20.1 Å². The average molecular weight is 244 g/mol. The minimum Gasteiger partial charge on any atom is -0.396 e. The summed E-state index contributed by atoms with van der Waals surface area (Å²) in [5.74, 6) is 0.532. The number of ether oxygens (including phenoxy) is 1. The van der Waals surface area contributed by atoms with Crippen molar-refractivity contribution in [2.75, 3.05) is 39.5 Å². The summed E-state index contributed by atoms with van der Waals surface area (Å²) in [4.78, 5) is 13.9. The van der Waals surface area contributed by atoms with Crippen molar-refractivity contribution in [1.82, 2.24) is 10.2 Å². The Hall–Kier alpha value is -0.650. The highest BCUT2D eigenvalue weighted by Crippen LogP contribution is 2.03. The number of aliphatic hydroxyl groups is 1. The first kappa shape index (κ1) is 14.4. The van der Waals surface area contributed by atoms with Crippen LogP contribution in [0.4, 0.5) is 0 Å². The van der Waals surface area contributed by atoms with E-state index in [1.165, 1.54) is 0 Å². The van der Waals surface area contributed by atoms with E-state index in [1.807, 2.05) is 11.8 Å². The third kappa shape index (κ3) is 5.02. The second-order valence-corrected chi connectivity index (χ2v) is 4.69. The molecule has 0 aromatic rings. The van der Waals surface area contributed by atoms with E-state index in [9.17, 15) is 4.79 Å². The SMILES string of the molecule is CC(CCO)CNC(C)C(=O)N1CCOCC1. The summed E-state index contributed by atoms with van der Waals surface area (Å²) in [5, 5.41) is 12.0. The fourth-order valence-electron chi connectivity index (χ4n) is 1.85. The van der Waals surface area contributed by atoms with Crippen LogP contribution in [-0.2, 0) is 9.53 Å². The third-order valence-electron chi connectivity index (χ3n) is 3.09. The first-order valence-corrected chi connectivity index (χ1v) is 6.36. The molecule has 1 heterocycles. The largest absolute Gasteiger partial charge is 0.396 e. The maximum absolute atomic E-state index is 12.0. The molecule has 0 spiro atoms. The fraction of sp³-hybridized carbons (Fsp3) is 0.917. The molecule has 17 heavy (non-hydrogen) atoms. The zero-order valence-electron chi connectivity index (χ0n) is 10.8. The van der Waals surface area contributed by atoms with Crippen molar-refractivity contribution < 1.29 is 14.6 Å². The van der Waals surface area contributed by atoms with Gasteiger partial charge in [0.1, 0.15) is 0 Å². The number of nitrogens with one attached hydrogen (secondary N) is 1. The molecule has 2 atom stereocenters. The van der Waals surface area contributed by atoms with E-state index in [1.54, 1.807) is 0 Å². The summed E-state index contributed by atoms with van der Waals surface area (Å²) in [6.45, 7) is 7.58. The van der Waals surface area contributed by atoms with Crippen LogP contribution in [0.5, 0.6) is 0 Å². The van der Waals surface area contributed by atoms with Gasteiger partial charge in [0.05, 0.1) is 19.3 Å². The lowest BCUT2D eigenvalue weighted by Crippen LogP contribution is -2.49. The van der Waals surface area contributed by atoms with Crippen LogP contribution in [0.3, 0.4) is 0 Å². The molecule has 0 aromatic heterocycles. The molecule has 1 amide bonds. The van der Waals surface area contributed by atoms with E-state index in [0.717, 1.165) is 13.0 Å². The number of aliphatic hydroxyl groups excluding tert-OH is 1. The maximum atomic E-state index is 12.0. The zero-order valence-corrected chi connectivity index (χ0v) is 10.8. The first-order valence-electron chi connectivity index (χ1n) is 6.36. The van der Waals surface area contributed by atoms with Gasteiger partial charge in [0.2, 0.25) is 5.91 Å². The summed E-state index contributed by atoms with van der Waals surface area (Å²) in [6, 6.07) is -0.158. The Bertz CT molecular complexity index is 230. The van der Waals surface area contributed by atoms with Crippen molar-refractivity contribution in [2.45, 2.75) is 26.3 Å². The number of nitrogens with zero attached hydrogens (tertiary/aromatic N) is 1. The number of carbonyl (C=O) groups is 1. The molecule has 0 radical (unpaired) electrons. The summed E-state index contributed by atoms with van der Waals surface area (Å²) >= 11 is 0. The predicted molar refractivity (Wildman–Crippen MR) is 65.7 cm³/mol. The quantitative estimate of drug-likeness (QED) is 0.682. The van der Waals surface area contributed by atoms with Gasteiger partial charge in [-0.15, -0.1) is 0 Å². The number of hydrogen-bond acceptors (Lipinski definition) is 4. The van der Waals surface area contributed by atoms with Crippen LogP contribution in [0.2, 0.25) is 0 Å². The van der Waals surface area contributed by atoms with Crippen LogP contribution in [0.15, 0.2) is 0 Å². The molecule has 1 saturated heterocycles. The van der Waals surface area contributed by atoms with Crippen molar-refractivity contribution >= 4 is 5.91 Å². The zero-order chi connectivity index (χ0) is 12.7. The third-order valence-corrected chi connectivity index (χ3v) is 3.09. The van der Waals surface area contributed by atoms with E-state index in [-0.39, 0.29) is 18.6 Å². The highest BCUT2D eigenvalue weighted by molar-refractivity contribution is 5.81. The molecule has 1 aliphatic rings. The summed E-state index contributed by atoms with van der Waals surface area (Å²) < 4.78 is 5.22. The van der Waals surface area contributed by atoms with Crippen LogP contribution in [-0.4, -0.2) is 61.4 Å². The Balaban J connectivity index is 2.25. The van der Waals surface area contributed by atoms with Gasteiger partial charge >= 0.3 is 0 Å². The normalized spacial score (nSPS) is 20.1. The first-order chi connectivity index (χ1) is 8.15. The van der Waals surface area contributed by atoms with Crippen LogP contribution >= 0.6 is 0 Å². The Morgan fingerprint density at radius 2 is 2.06 bits per heavy atom. The van der Waals surface area contributed by atoms with Gasteiger partial charge in [-0.2, -0.15) is 0 Å². The van der Waals surface area contributed by atoms with Crippen molar-refractivity contribution in [3.05, 3.63) is 0 Å². The van der Waals surface area contributed by atoms with Gasteiger partial charge in [0.25, 0.3) is 0 Å². The molecular formula is C12H24N2O3. The van der Waals surface area contributed by atoms with Gasteiger partial charge in [-0.1, -0.05) is 6.92 Å². The molecule has 5 nitrogen and oxygen atoms in total. The summed E-state index contributed by atoms with van der Waals surface area (Å²) in [6.07, 6.45) is 0.769. The van der Waals surface area contributed by atoms with Crippen molar-refractivity contribution in [3.63, 3.8) is 0 Å². The molecule has 2 unspecified atom stereocenters. The minimum atomic E-state index is -0.158. The highest BCUT2D eigenvalue weighted by atomic mass is 16.5. The molecule has 0 aliphatic carbocycles. The van der Waals surface area contributed by atoms with E-state index in [4.69, 9.17) is 9.84 Å². The molecule has 2 N–H and O–H groups in total. The van der Waals surface area contributed by atoms with Gasteiger partial charge in [0.15, 0.2) is 0 Å². The Kier molecular flexibility index (Phi) is 6.47. The number of carbonyl (C=O) groups excluding carboxylic acids is 1. The standard InChI is InChI=1S/C12H24N2O3/c1-10(3-6-15)9-13-11(2)12(16)14-4-7-17-8-5-14/h10-11,13,15H,3-9H2,1-2H3. The highest BCUT2D eigenvalue weighted by Gasteiger charge is 2.22. The lowest BCUT2D eigenvalue weighted by Gasteiger charge is -2.29. The molecule has 0 saturated carbocycles. The van der Waals surface area contributed by atoms with Crippen molar-refractivity contribution in [3.8, 4) is 0 Å². The van der Waals surface area contributed by atoms with E-state index < -0.39 is 0 Å². The number of amides is 1. The lowest BCUT2D eigenvalue weighted by atomic mass is 10.1. The van der Waals surface area contributed by atoms with Gasteiger partial charge in [-0.3, -0.25) is 4.79 Å². The summed E-state index contributed by atoms with van der Waals surface area (Å²) in [7, 11) is 0. The average Bonchev–Trinajstić information content (AvgIpc) is 2.36. The Labute approximate surface area is 103 Å².